The maximum atomic E-state index is 12.6. The highest BCUT2D eigenvalue weighted by Gasteiger charge is 2.25. The van der Waals surface area contributed by atoms with E-state index in [1.54, 1.807) is 6.33 Å². The number of hydrogen-bond acceptors (Lipinski definition) is 4. The fourth-order valence-electron chi connectivity index (χ4n) is 3.82. The van der Waals surface area contributed by atoms with E-state index in [9.17, 15) is 4.79 Å². The third kappa shape index (κ3) is 4.79. The first kappa shape index (κ1) is 20.4. The van der Waals surface area contributed by atoms with Crippen LogP contribution in [0.3, 0.4) is 0 Å². The highest BCUT2D eigenvalue weighted by molar-refractivity contribution is 6.31. The first-order chi connectivity index (χ1) is 14.6. The highest BCUT2D eigenvalue weighted by Crippen LogP contribution is 2.26. The first-order valence-electron chi connectivity index (χ1n) is 10.3. The molecule has 0 bridgehead atoms. The number of halogens is 1. The number of nitrogens with one attached hydrogen (secondary N) is 1. The predicted octanol–water partition coefficient (Wildman–Crippen LogP) is 4.64. The molecule has 0 unspecified atom stereocenters. The molecular formula is C24H25ClN4O. The predicted molar refractivity (Wildman–Crippen MR) is 120 cm³/mol. The van der Waals surface area contributed by atoms with E-state index in [-0.39, 0.29) is 11.8 Å². The smallest absolute Gasteiger partial charge is 0.223 e. The summed E-state index contributed by atoms with van der Waals surface area (Å²) in [6.07, 6.45) is 3.23. The van der Waals surface area contributed by atoms with Crippen molar-refractivity contribution >= 4 is 23.3 Å². The number of carbonyl (C=O) groups is 1. The Morgan fingerprint density at radius 3 is 2.67 bits per heavy atom. The molecule has 5 nitrogen and oxygen atoms in total. The normalized spacial score (nSPS) is 14.5. The molecule has 2 heterocycles. The Labute approximate surface area is 182 Å². The van der Waals surface area contributed by atoms with Gasteiger partial charge in [0, 0.05) is 42.2 Å². The van der Waals surface area contributed by atoms with Gasteiger partial charge < -0.3 is 10.2 Å². The van der Waals surface area contributed by atoms with E-state index in [1.165, 1.54) is 5.56 Å². The molecule has 30 heavy (non-hydrogen) atoms. The van der Waals surface area contributed by atoms with Gasteiger partial charge in [-0.1, -0.05) is 53.6 Å². The highest BCUT2D eigenvalue weighted by atomic mass is 35.5. The molecule has 0 atom stereocenters. The van der Waals surface area contributed by atoms with E-state index in [0.29, 0.717) is 11.6 Å². The molecule has 0 spiro atoms. The molecule has 1 N–H and O–H groups in total. The molecule has 1 aromatic heterocycles. The number of piperidine rings is 1. The lowest BCUT2D eigenvalue weighted by atomic mass is 9.95. The number of carbonyl (C=O) groups excluding carboxylic acids is 1. The fraction of sp³-hybridized carbons (Fsp3) is 0.292. The zero-order valence-electron chi connectivity index (χ0n) is 17.0. The molecule has 0 aliphatic carbocycles. The van der Waals surface area contributed by atoms with E-state index in [4.69, 9.17) is 11.6 Å². The van der Waals surface area contributed by atoms with Crippen LogP contribution in [0.25, 0.3) is 11.3 Å². The largest absolute Gasteiger partial charge is 0.356 e. The molecule has 0 saturated carbocycles. The molecule has 0 radical (unpaired) electrons. The summed E-state index contributed by atoms with van der Waals surface area (Å²) in [6, 6.07) is 17.9. The van der Waals surface area contributed by atoms with Crippen LogP contribution in [0.4, 0.5) is 5.82 Å². The van der Waals surface area contributed by atoms with Crippen molar-refractivity contribution in [1.29, 1.82) is 0 Å². The summed E-state index contributed by atoms with van der Waals surface area (Å²) >= 11 is 6.18. The molecule has 1 aliphatic heterocycles. The van der Waals surface area contributed by atoms with E-state index >= 15 is 0 Å². The Morgan fingerprint density at radius 2 is 1.90 bits per heavy atom. The number of aryl methyl sites for hydroxylation is 1. The van der Waals surface area contributed by atoms with Crippen molar-refractivity contribution in [2.45, 2.75) is 26.3 Å². The van der Waals surface area contributed by atoms with Crippen molar-refractivity contribution in [3.63, 3.8) is 0 Å². The molecular weight excluding hydrogens is 396 g/mol. The Hall–Kier alpha value is -2.92. The summed E-state index contributed by atoms with van der Waals surface area (Å²) < 4.78 is 0. The average molecular weight is 421 g/mol. The first-order valence-corrected chi connectivity index (χ1v) is 10.6. The van der Waals surface area contributed by atoms with Gasteiger partial charge in [0.25, 0.3) is 0 Å². The number of anilines is 1. The van der Waals surface area contributed by atoms with Crippen molar-refractivity contribution in [3.8, 4) is 11.3 Å². The zero-order valence-corrected chi connectivity index (χ0v) is 17.8. The van der Waals surface area contributed by atoms with Crippen LogP contribution in [0.2, 0.25) is 5.02 Å². The lowest BCUT2D eigenvalue weighted by molar-refractivity contribution is -0.125. The maximum Gasteiger partial charge on any atom is 0.223 e. The van der Waals surface area contributed by atoms with Crippen LogP contribution < -0.4 is 10.2 Å². The van der Waals surface area contributed by atoms with Crippen molar-refractivity contribution in [3.05, 3.63) is 77.1 Å². The molecule has 3 aromatic rings. The molecule has 1 aliphatic rings. The standard InChI is InChI=1S/C24H25ClN4O/c1-17-5-4-7-19(13-17)22-14-23(28-16-27-22)29-11-9-18(10-12-29)24(30)26-15-20-6-2-3-8-21(20)25/h2-8,13-14,16,18H,9-12,15H2,1H3,(H,26,30). The second kappa shape index (κ2) is 9.26. The quantitative estimate of drug-likeness (QED) is 0.653. The molecule has 1 saturated heterocycles. The Kier molecular flexibility index (Phi) is 6.29. The number of rotatable bonds is 5. The monoisotopic (exact) mass is 420 g/mol. The van der Waals surface area contributed by atoms with Crippen molar-refractivity contribution in [1.82, 2.24) is 15.3 Å². The topological polar surface area (TPSA) is 58.1 Å². The number of nitrogens with zero attached hydrogens (tertiary/aromatic N) is 3. The minimum atomic E-state index is 0.0156. The molecule has 2 aromatic carbocycles. The van der Waals surface area contributed by atoms with E-state index in [2.05, 4.69) is 45.3 Å². The number of aromatic nitrogens is 2. The van der Waals surface area contributed by atoms with Crippen LogP contribution in [-0.2, 0) is 11.3 Å². The lowest BCUT2D eigenvalue weighted by Gasteiger charge is -2.32. The third-order valence-corrected chi connectivity index (χ3v) is 5.94. The van der Waals surface area contributed by atoms with Crippen LogP contribution in [0.15, 0.2) is 60.9 Å². The van der Waals surface area contributed by atoms with Gasteiger partial charge in [0.15, 0.2) is 0 Å². The van der Waals surface area contributed by atoms with Crippen LogP contribution in [0.5, 0.6) is 0 Å². The van der Waals surface area contributed by atoms with E-state index in [0.717, 1.165) is 48.6 Å². The van der Waals surface area contributed by atoms with Crippen molar-refractivity contribution < 1.29 is 4.79 Å². The Bertz CT molecular complexity index is 1030. The molecule has 4 rings (SSSR count). The van der Waals surface area contributed by atoms with Crippen LogP contribution >= 0.6 is 11.6 Å². The van der Waals surface area contributed by atoms with Gasteiger partial charge in [0.2, 0.25) is 5.91 Å². The van der Waals surface area contributed by atoms with Crippen molar-refractivity contribution in [2.24, 2.45) is 5.92 Å². The van der Waals surface area contributed by atoms with Gasteiger partial charge in [-0.05, 0) is 37.5 Å². The zero-order chi connectivity index (χ0) is 20.9. The minimum absolute atomic E-state index is 0.0156. The molecule has 154 valence electrons. The number of benzene rings is 2. The molecule has 1 amide bonds. The SMILES string of the molecule is Cc1cccc(-c2cc(N3CCC(C(=O)NCc4ccccc4Cl)CC3)ncn2)c1. The molecule has 1 fully saturated rings. The van der Waals surface area contributed by atoms with Gasteiger partial charge in [0.1, 0.15) is 12.1 Å². The van der Waals surface area contributed by atoms with Gasteiger partial charge in [-0.15, -0.1) is 0 Å². The van der Waals surface area contributed by atoms with Gasteiger partial charge in [-0.3, -0.25) is 4.79 Å². The summed E-state index contributed by atoms with van der Waals surface area (Å²) in [5.74, 6) is 1.02. The Balaban J connectivity index is 1.35. The third-order valence-electron chi connectivity index (χ3n) is 5.57. The summed E-state index contributed by atoms with van der Waals surface area (Å²) in [7, 11) is 0. The summed E-state index contributed by atoms with van der Waals surface area (Å²) in [4.78, 5) is 23.7. The summed E-state index contributed by atoms with van der Waals surface area (Å²) in [6.45, 7) is 4.14. The van der Waals surface area contributed by atoms with Crippen LogP contribution in [0.1, 0.15) is 24.0 Å². The summed E-state index contributed by atoms with van der Waals surface area (Å²) in [5, 5.41) is 3.71. The van der Waals surface area contributed by atoms with Crippen molar-refractivity contribution in [2.75, 3.05) is 18.0 Å². The van der Waals surface area contributed by atoms with E-state index in [1.807, 2.05) is 36.4 Å². The average Bonchev–Trinajstić information content (AvgIpc) is 2.78. The van der Waals surface area contributed by atoms with Gasteiger partial charge in [0.05, 0.1) is 5.69 Å². The van der Waals surface area contributed by atoms with Gasteiger partial charge in [-0.25, -0.2) is 9.97 Å². The second-order valence-electron chi connectivity index (χ2n) is 7.70. The minimum Gasteiger partial charge on any atom is -0.356 e. The van der Waals surface area contributed by atoms with Crippen LogP contribution in [0, 0.1) is 12.8 Å². The van der Waals surface area contributed by atoms with E-state index < -0.39 is 0 Å². The lowest BCUT2D eigenvalue weighted by Crippen LogP contribution is -2.40. The van der Waals surface area contributed by atoms with Crippen LogP contribution in [-0.4, -0.2) is 29.0 Å². The maximum absolute atomic E-state index is 12.6. The second-order valence-corrected chi connectivity index (χ2v) is 8.11. The fourth-order valence-corrected chi connectivity index (χ4v) is 4.02. The molecule has 6 heteroatoms. The number of hydrogen-bond donors (Lipinski definition) is 1. The number of amides is 1. The Morgan fingerprint density at radius 1 is 1.10 bits per heavy atom. The van der Waals surface area contributed by atoms with Gasteiger partial charge >= 0.3 is 0 Å². The van der Waals surface area contributed by atoms with Gasteiger partial charge in [-0.2, -0.15) is 0 Å². The summed E-state index contributed by atoms with van der Waals surface area (Å²) in [5.41, 5.74) is 4.15.